The minimum atomic E-state index is -0.0442. The lowest BCUT2D eigenvalue weighted by Gasteiger charge is -2.32. The normalized spacial score (nSPS) is 20.2. The summed E-state index contributed by atoms with van der Waals surface area (Å²) in [6, 6.07) is -0.0442. The van der Waals surface area contributed by atoms with Gasteiger partial charge in [-0.2, -0.15) is 0 Å². The second-order valence-corrected chi connectivity index (χ2v) is 6.53. The fourth-order valence-electron chi connectivity index (χ4n) is 3.64. The van der Waals surface area contributed by atoms with Gasteiger partial charge in [-0.05, 0) is 19.3 Å². The fourth-order valence-corrected chi connectivity index (χ4v) is 3.64. The Bertz CT molecular complexity index is 736. The molecule has 9 heteroatoms. The quantitative estimate of drug-likeness (QED) is 0.881. The van der Waals surface area contributed by atoms with Crippen molar-refractivity contribution in [2.45, 2.75) is 44.7 Å². The number of carbonyl (C=O) groups excluding carboxylic acids is 1. The molecule has 1 saturated heterocycles. The molecular weight excluding hydrogens is 308 g/mol. The van der Waals surface area contributed by atoms with Crippen LogP contribution in [0.5, 0.6) is 0 Å². The molecule has 2 amide bonds. The Kier molecular flexibility index (Phi) is 3.91. The van der Waals surface area contributed by atoms with Gasteiger partial charge >= 0.3 is 6.03 Å². The summed E-state index contributed by atoms with van der Waals surface area (Å²) in [6.07, 6.45) is 5.81. The molecule has 2 aliphatic rings. The Morgan fingerprint density at radius 1 is 1.29 bits per heavy atom. The van der Waals surface area contributed by atoms with Crippen LogP contribution in [0.15, 0.2) is 6.33 Å². The first kappa shape index (κ1) is 15.1. The van der Waals surface area contributed by atoms with Gasteiger partial charge in [0.15, 0.2) is 5.82 Å². The average Bonchev–Trinajstić information content (AvgIpc) is 3.30. The molecule has 0 saturated carbocycles. The van der Waals surface area contributed by atoms with Gasteiger partial charge in [-0.25, -0.2) is 4.79 Å². The van der Waals surface area contributed by atoms with Gasteiger partial charge in [-0.1, -0.05) is 0 Å². The lowest BCUT2D eigenvalue weighted by Crippen LogP contribution is -2.45. The number of urea groups is 1. The monoisotopic (exact) mass is 330 g/mol. The van der Waals surface area contributed by atoms with Crippen molar-refractivity contribution in [3.63, 3.8) is 0 Å². The van der Waals surface area contributed by atoms with Crippen LogP contribution in [0.1, 0.15) is 42.7 Å². The lowest BCUT2D eigenvalue weighted by molar-refractivity contribution is 0.177. The summed E-state index contributed by atoms with van der Waals surface area (Å²) in [4.78, 5) is 14.4. The number of piperidine rings is 1. The fraction of sp³-hybridized carbons (Fsp3) is 0.667. The van der Waals surface area contributed by atoms with Crippen LogP contribution < -0.4 is 5.32 Å². The standard InChI is InChI=1S/C15H22N8O/c1-21-10-17-20-14(21)11-4-2-6-22(9-11)15(24)16-8-13-19-18-12-5-3-7-23(12)13/h10-11H,2-9H2,1H3,(H,16,24)/t11-/m0/s1. The van der Waals surface area contributed by atoms with Crippen LogP contribution in [0, 0.1) is 0 Å². The zero-order chi connectivity index (χ0) is 16.5. The summed E-state index contributed by atoms with van der Waals surface area (Å²) in [6.45, 7) is 2.83. The molecule has 1 N–H and O–H groups in total. The predicted molar refractivity (Wildman–Crippen MR) is 85.1 cm³/mol. The van der Waals surface area contributed by atoms with Gasteiger partial charge in [0.25, 0.3) is 0 Å². The van der Waals surface area contributed by atoms with Crippen molar-refractivity contribution >= 4 is 6.03 Å². The molecule has 9 nitrogen and oxygen atoms in total. The molecule has 0 spiro atoms. The third-order valence-electron chi connectivity index (χ3n) is 4.90. The molecule has 1 atom stereocenters. The van der Waals surface area contributed by atoms with Gasteiger partial charge in [0.1, 0.15) is 18.0 Å². The summed E-state index contributed by atoms with van der Waals surface area (Å²) in [5, 5.41) is 19.5. The Hall–Kier alpha value is -2.45. The summed E-state index contributed by atoms with van der Waals surface area (Å²) in [7, 11) is 1.94. The summed E-state index contributed by atoms with van der Waals surface area (Å²) < 4.78 is 4.05. The van der Waals surface area contributed by atoms with E-state index in [0.717, 1.165) is 56.2 Å². The van der Waals surface area contributed by atoms with Gasteiger partial charge in [0.05, 0.1) is 6.54 Å². The number of carbonyl (C=O) groups is 1. The van der Waals surface area contributed by atoms with Crippen molar-refractivity contribution in [2.24, 2.45) is 7.05 Å². The molecule has 4 heterocycles. The lowest BCUT2D eigenvalue weighted by atomic mass is 9.97. The number of hydrogen-bond donors (Lipinski definition) is 1. The number of likely N-dealkylation sites (tertiary alicyclic amines) is 1. The molecule has 0 unspecified atom stereocenters. The summed E-state index contributed by atoms with van der Waals surface area (Å²) in [5.74, 6) is 3.06. The number of nitrogens with one attached hydrogen (secondary N) is 1. The van der Waals surface area contributed by atoms with Gasteiger partial charge < -0.3 is 19.4 Å². The molecule has 4 rings (SSSR count). The van der Waals surface area contributed by atoms with Crippen molar-refractivity contribution in [3.05, 3.63) is 23.8 Å². The first-order chi connectivity index (χ1) is 11.7. The molecular formula is C15H22N8O. The van der Waals surface area contributed by atoms with E-state index in [1.165, 1.54) is 0 Å². The van der Waals surface area contributed by atoms with Crippen LogP contribution in [0.25, 0.3) is 0 Å². The van der Waals surface area contributed by atoms with Crippen LogP contribution >= 0.6 is 0 Å². The van der Waals surface area contributed by atoms with E-state index in [0.29, 0.717) is 13.1 Å². The van der Waals surface area contributed by atoms with E-state index in [-0.39, 0.29) is 11.9 Å². The van der Waals surface area contributed by atoms with Crippen molar-refractivity contribution in [3.8, 4) is 0 Å². The first-order valence-corrected chi connectivity index (χ1v) is 8.50. The van der Waals surface area contributed by atoms with E-state index in [1.54, 1.807) is 6.33 Å². The molecule has 24 heavy (non-hydrogen) atoms. The average molecular weight is 330 g/mol. The topological polar surface area (TPSA) is 93.8 Å². The number of nitrogens with zero attached hydrogens (tertiary/aromatic N) is 7. The van der Waals surface area contributed by atoms with E-state index < -0.39 is 0 Å². The van der Waals surface area contributed by atoms with Gasteiger partial charge in [-0.15, -0.1) is 20.4 Å². The summed E-state index contributed by atoms with van der Waals surface area (Å²) in [5.41, 5.74) is 0. The van der Waals surface area contributed by atoms with Gasteiger partial charge in [0.2, 0.25) is 0 Å². The second-order valence-electron chi connectivity index (χ2n) is 6.53. The highest BCUT2D eigenvalue weighted by atomic mass is 16.2. The minimum Gasteiger partial charge on any atom is -0.331 e. The second kappa shape index (κ2) is 6.21. The SMILES string of the molecule is Cn1cnnc1[C@H]1CCCN(C(=O)NCc2nnc3n2CCC3)C1. The number of aryl methyl sites for hydroxylation is 2. The maximum absolute atomic E-state index is 12.5. The highest BCUT2D eigenvalue weighted by Crippen LogP contribution is 2.25. The van der Waals surface area contributed by atoms with Crippen molar-refractivity contribution < 1.29 is 4.79 Å². The molecule has 2 aliphatic heterocycles. The molecule has 0 bridgehead atoms. The highest BCUT2D eigenvalue weighted by molar-refractivity contribution is 5.74. The van der Waals surface area contributed by atoms with E-state index in [1.807, 2.05) is 16.5 Å². The van der Waals surface area contributed by atoms with E-state index in [4.69, 9.17) is 0 Å². The Labute approximate surface area is 140 Å². The largest absolute Gasteiger partial charge is 0.331 e. The Morgan fingerprint density at radius 3 is 3.04 bits per heavy atom. The maximum Gasteiger partial charge on any atom is 0.317 e. The third kappa shape index (κ3) is 2.74. The van der Waals surface area contributed by atoms with Crippen LogP contribution in [0.3, 0.4) is 0 Å². The Balaban J connectivity index is 1.36. The smallest absolute Gasteiger partial charge is 0.317 e. The van der Waals surface area contributed by atoms with E-state index >= 15 is 0 Å². The predicted octanol–water partition coefficient (Wildman–Crippen LogP) is 0.442. The van der Waals surface area contributed by atoms with Crippen LogP contribution in [-0.4, -0.2) is 53.5 Å². The van der Waals surface area contributed by atoms with E-state index in [9.17, 15) is 4.79 Å². The zero-order valence-electron chi connectivity index (χ0n) is 13.9. The molecule has 2 aromatic rings. The number of rotatable bonds is 3. The number of fused-ring (bicyclic) bond motifs is 1. The molecule has 0 aliphatic carbocycles. The molecule has 1 fully saturated rings. The number of hydrogen-bond acceptors (Lipinski definition) is 5. The minimum absolute atomic E-state index is 0.0442. The maximum atomic E-state index is 12.5. The van der Waals surface area contributed by atoms with Crippen molar-refractivity contribution in [1.29, 1.82) is 0 Å². The van der Waals surface area contributed by atoms with Crippen molar-refractivity contribution in [2.75, 3.05) is 13.1 Å². The number of amides is 2. The van der Waals surface area contributed by atoms with Crippen LogP contribution in [0.2, 0.25) is 0 Å². The van der Waals surface area contributed by atoms with Crippen LogP contribution in [-0.2, 0) is 26.6 Å². The van der Waals surface area contributed by atoms with E-state index in [2.05, 4.69) is 30.3 Å². The zero-order valence-corrected chi connectivity index (χ0v) is 13.9. The third-order valence-corrected chi connectivity index (χ3v) is 4.90. The molecule has 2 aromatic heterocycles. The molecule has 128 valence electrons. The first-order valence-electron chi connectivity index (χ1n) is 8.50. The number of aromatic nitrogens is 6. The summed E-state index contributed by atoms with van der Waals surface area (Å²) >= 11 is 0. The highest BCUT2D eigenvalue weighted by Gasteiger charge is 2.27. The van der Waals surface area contributed by atoms with Gasteiger partial charge in [0, 0.05) is 39.0 Å². The molecule has 0 radical (unpaired) electrons. The molecule has 0 aromatic carbocycles. The Morgan fingerprint density at radius 2 is 2.21 bits per heavy atom. The van der Waals surface area contributed by atoms with Crippen LogP contribution in [0.4, 0.5) is 4.79 Å². The van der Waals surface area contributed by atoms with Gasteiger partial charge in [-0.3, -0.25) is 0 Å². The van der Waals surface area contributed by atoms with Crippen molar-refractivity contribution in [1.82, 2.24) is 39.7 Å².